The van der Waals surface area contributed by atoms with Crippen LogP contribution in [0.1, 0.15) is 97.0 Å². The molecule has 28 heavy (non-hydrogen) atoms. The first-order chi connectivity index (χ1) is 13.8. The Kier molecular flexibility index (Phi) is 17.0. The van der Waals surface area contributed by atoms with Gasteiger partial charge in [-0.05, 0) is 67.1 Å². The second-order valence-corrected chi connectivity index (χ2v) is 10.9. The minimum Gasteiger partial charge on any atom is -0.125 e. The van der Waals surface area contributed by atoms with Crippen molar-refractivity contribution in [3.05, 3.63) is 24.6 Å². The number of hydrogen-bond acceptors (Lipinski definition) is 3. The molecule has 0 aliphatic heterocycles. The second-order valence-electron chi connectivity index (χ2n) is 7.55. The molecule has 0 saturated carbocycles. The van der Waals surface area contributed by atoms with E-state index in [0.717, 1.165) is 6.42 Å². The molecule has 0 atom stereocenters. The van der Waals surface area contributed by atoms with Gasteiger partial charge in [0.05, 0.1) is 0 Å². The molecular weight excluding hydrogens is 396 g/mol. The van der Waals surface area contributed by atoms with E-state index in [0.29, 0.717) is 0 Å². The molecule has 0 spiro atoms. The van der Waals surface area contributed by atoms with Crippen LogP contribution in [0.5, 0.6) is 0 Å². The van der Waals surface area contributed by atoms with Gasteiger partial charge in [-0.2, -0.15) is 0 Å². The molecule has 0 fully saturated rings. The quantitative estimate of drug-likeness (QED) is 0.165. The third kappa shape index (κ3) is 11.5. The van der Waals surface area contributed by atoms with Gasteiger partial charge in [0.1, 0.15) is 0 Å². The molecule has 0 aromatic heterocycles. The largest absolute Gasteiger partial charge is 0.125 e. The monoisotopic (exact) mass is 439 g/mol. The Morgan fingerprint density at radius 1 is 0.643 bits per heavy atom. The fourth-order valence-electron chi connectivity index (χ4n) is 3.06. The minimum atomic E-state index is 1.03. The standard InChI is InChI=1S/C25H43S3/c1-5-9-13-17-26-23-20-22(16-12-8-4)21-24(27-18-14-10-6-2)25(23)28-19-15-11-7-3/h20-21H,4-19H2,1-3H3. The van der Waals surface area contributed by atoms with Crippen LogP contribution in [0.2, 0.25) is 0 Å². The molecule has 3 heteroatoms. The summed E-state index contributed by atoms with van der Waals surface area (Å²) < 4.78 is 0. The Morgan fingerprint density at radius 2 is 1.11 bits per heavy atom. The fourth-order valence-corrected chi connectivity index (χ4v) is 6.87. The Morgan fingerprint density at radius 3 is 1.54 bits per heavy atom. The molecule has 1 aromatic carbocycles. The maximum absolute atomic E-state index is 4.05. The lowest BCUT2D eigenvalue weighted by Gasteiger charge is -2.17. The second kappa shape index (κ2) is 18.1. The topological polar surface area (TPSA) is 0 Å². The number of aryl methyl sites for hydroxylation is 1. The van der Waals surface area contributed by atoms with E-state index in [1.807, 2.05) is 0 Å². The van der Waals surface area contributed by atoms with E-state index in [9.17, 15) is 0 Å². The number of hydrogen-bond donors (Lipinski definition) is 0. The van der Waals surface area contributed by atoms with Gasteiger partial charge in [-0.15, -0.1) is 35.3 Å². The summed E-state index contributed by atoms with van der Waals surface area (Å²) in [5, 5.41) is 0. The Bertz CT molecular complexity index is 466. The first kappa shape index (κ1) is 26.3. The first-order valence-electron chi connectivity index (χ1n) is 11.6. The van der Waals surface area contributed by atoms with Crippen LogP contribution in [0.15, 0.2) is 26.8 Å². The summed E-state index contributed by atoms with van der Waals surface area (Å²) >= 11 is 6.33. The Balaban J connectivity index is 2.96. The first-order valence-corrected chi connectivity index (χ1v) is 14.6. The molecule has 1 radical (unpaired) electrons. The highest BCUT2D eigenvalue weighted by Gasteiger charge is 2.13. The predicted octanol–water partition coefficient (Wildman–Crippen LogP) is 9.69. The van der Waals surface area contributed by atoms with E-state index >= 15 is 0 Å². The number of rotatable bonds is 18. The minimum absolute atomic E-state index is 1.03. The summed E-state index contributed by atoms with van der Waals surface area (Å²) in [4.78, 5) is 4.69. The zero-order valence-corrected chi connectivity index (χ0v) is 21.1. The lowest BCUT2D eigenvalue weighted by molar-refractivity contribution is 0.775. The molecule has 0 N–H and O–H groups in total. The van der Waals surface area contributed by atoms with Crippen molar-refractivity contribution in [2.75, 3.05) is 17.3 Å². The Labute approximate surface area is 189 Å². The van der Waals surface area contributed by atoms with Gasteiger partial charge in [-0.1, -0.05) is 72.6 Å². The molecule has 0 unspecified atom stereocenters. The van der Waals surface area contributed by atoms with Crippen molar-refractivity contribution in [1.29, 1.82) is 0 Å². The van der Waals surface area contributed by atoms with Crippen molar-refractivity contribution < 1.29 is 0 Å². The highest BCUT2D eigenvalue weighted by Crippen LogP contribution is 2.41. The number of thioether (sulfide) groups is 3. The smallest absolute Gasteiger partial charge is 0.0344 e. The molecule has 0 heterocycles. The summed E-state index contributed by atoms with van der Waals surface area (Å²) in [6, 6.07) is 5.01. The number of benzene rings is 1. The average molecular weight is 440 g/mol. The molecule has 0 aliphatic carbocycles. The average Bonchev–Trinajstić information content (AvgIpc) is 2.71. The molecule has 0 aliphatic rings. The zero-order chi connectivity index (χ0) is 20.5. The number of unbranched alkanes of at least 4 members (excludes halogenated alkanes) is 7. The van der Waals surface area contributed by atoms with Crippen LogP contribution >= 0.6 is 35.3 Å². The van der Waals surface area contributed by atoms with Crippen molar-refractivity contribution in [3.63, 3.8) is 0 Å². The fraction of sp³-hybridized carbons (Fsp3) is 0.720. The van der Waals surface area contributed by atoms with E-state index in [2.05, 4.69) is 75.1 Å². The summed E-state index contributed by atoms with van der Waals surface area (Å²) in [5.74, 6) is 3.78. The summed E-state index contributed by atoms with van der Waals surface area (Å²) in [6.07, 6.45) is 15.4. The summed E-state index contributed by atoms with van der Waals surface area (Å²) in [6.45, 7) is 10.9. The van der Waals surface area contributed by atoms with Gasteiger partial charge in [0.25, 0.3) is 0 Å². The molecule has 0 saturated heterocycles. The molecule has 0 nitrogen and oxygen atoms in total. The van der Waals surface area contributed by atoms with Crippen LogP contribution in [0.4, 0.5) is 0 Å². The van der Waals surface area contributed by atoms with Crippen molar-refractivity contribution >= 4 is 35.3 Å². The van der Waals surface area contributed by atoms with Crippen LogP contribution in [-0.2, 0) is 6.42 Å². The normalized spacial score (nSPS) is 11.3. The van der Waals surface area contributed by atoms with Gasteiger partial charge in [-0.25, -0.2) is 0 Å². The van der Waals surface area contributed by atoms with Crippen molar-refractivity contribution in [2.45, 2.75) is 113 Å². The van der Waals surface area contributed by atoms with Crippen LogP contribution in [0.3, 0.4) is 0 Å². The molecular formula is C25H43S3. The van der Waals surface area contributed by atoms with Gasteiger partial charge >= 0.3 is 0 Å². The lowest BCUT2D eigenvalue weighted by Crippen LogP contribution is -1.94. The maximum atomic E-state index is 4.05. The molecule has 0 amide bonds. The van der Waals surface area contributed by atoms with Crippen LogP contribution in [-0.4, -0.2) is 17.3 Å². The molecule has 1 aromatic rings. The summed E-state index contributed by atoms with van der Waals surface area (Å²) in [5.41, 5.74) is 1.53. The SMILES string of the molecule is [CH2]CCCc1cc(SCCCCC)c(SCCCCC)c(SCCCCC)c1. The van der Waals surface area contributed by atoms with E-state index in [-0.39, 0.29) is 0 Å². The third-order valence-electron chi connectivity index (χ3n) is 4.80. The van der Waals surface area contributed by atoms with Crippen molar-refractivity contribution in [2.24, 2.45) is 0 Å². The van der Waals surface area contributed by atoms with Crippen molar-refractivity contribution in [1.82, 2.24) is 0 Å². The van der Waals surface area contributed by atoms with E-state index in [1.54, 1.807) is 14.7 Å². The maximum Gasteiger partial charge on any atom is 0.0344 e. The predicted molar refractivity (Wildman–Crippen MR) is 135 cm³/mol. The Hall–Kier alpha value is 0.270. The highest BCUT2D eigenvalue weighted by molar-refractivity contribution is 8.03. The van der Waals surface area contributed by atoms with Gasteiger partial charge < -0.3 is 0 Å². The van der Waals surface area contributed by atoms with Gasteiger partial charge in [0.2, 0.25) is 0 Å². The third-order valence-corrected chi connectivity index (χ3v) is 8.53. The zero-order valence-electron chi connectivity index (χ0n) is 18.7. The lowest BCUT2D eigenvalue weighted by atomic mass is 10.1. The van der Waals surface area contributed by atoms with Gasteiger partial charge in [0, 0.05) is 14.7 Å². The molecule has 1 rings (SSSR count). The van der Waals surface area contributed by atoms with Gasteiger partial charge in [-0.3, -0.25) is 0 Å². The van der Waals surface area contributed by atoms with Crippen molar-refractivity contribution in [3.8, 4) is 0 Å². The molecule has 0 bridgehead atoms. The van der Waals surface area contributed by atoms with E-state index in [1.165, 1.54) is 93.5 Å². The summed E-state index contributed by atoms with van der Waals surface area (Å²) in [7, 11) is 0. The van der Waals surface area contributed by atoms with Crippen LogP contribution < -0.4 is 0 Å². The van der Waals surface area contributed by atoms with E-state index < -0.39 is 0 Å². The highest BCUT2D eigenvalue weighted by atomic mass is 32.2. The van der Waals surface area contributed by atoms with E-state index in [4.69, 9.17) is 0 Å². The van der Waals surface area contributed by atoms with Crippen LogP contribution in [0.25, 0.3) is 0 Å². The van der Waals surface area contributed by atoms with Gasteiger partial charge in [0.15, 0.2) is 0 Å². The molecule has 161 valence electrons. The van der Waals surface area contributed by atoms with Crippen LogP contribution in [0, 0.1) is 6.92 Å².